The van der Waals surface area contributed by atoms with Gasteiger partial charge >= 0.3 is 6.03 Å². The summed E-state index contributed by atoms with van der Waals surface area (Å²) in [5.74, 6) is 0.515. The third-order valence-corrected chi connectivity index (χ3v) is 5.34. The molecule has 0 spiro atoms. The summed E-state index contributed by atoms with van der Waals surface area (Å²) in [5.41, 5.74) is 3.78. The van der Waals surface area contributed by atoms with Crippen LogP contribution < -0.4 is 20.4 Å². The molecule has 0 aliphatic carbocycles. The average Bonchev–Trinajstić information content (AvgIpc) is 3.20. The molecule has 1 atom stereocenters. The van der Waals surface area contributed by atoms with Gasteiger partial charge in [0.15, 0.2) is 0 Å². The first-order valence-electron chi connectivity index (χ1n) is 10.2. The quantitative estimate of drug-likeness (QED) is 0.689. The van der Waals surface area contributed by atoms with E-state index in [1.807, 2.05) is 20.2 Å². The highest BCUT2D eigenvalue weighted by Crippen LogP contribution is 2.22. The van der Waals surface area contributed by atoms with Crippen LogP contribution in [0.3, 0.4) is 0 Å². The van der Waals surface area contributed by atoms with Crippen LogP contribution in [0.25, 0.3) is 0 Å². The maximum absolute atomic E-state index is 12.0. The van der Waals surface area contributed by atoms with E-state index in [0.29, 0.717) is 12.5 Å². The fourth-order valence-electron chi connectivity index (χ4n) is 3.63. The molecular weight excluding hydrogens is 348 g/mol. The Bertz CT molecular complexity index is 730. The highest BCUT2D eigenvalue weighted by Gasteiger charge is 2.22. The molecule has 28 heavy (non-hydrogen) atoms. The maximum atomic E-state index is 12.0. The molecule has 1 heterocycles. The number of nitrogens with one attached hydrogen (secondary N) is 2. The van der Waals surface area contributed by atoms with Gasteiger partial charge in [0.1, 0.15) is 0 Å². The van der Waals surface area contributed by atoms with Crippen LogP contribution >= 0.6 is 0 Å². The SMILES string of the molecule is CN(C)c1ccc(CCCNC(=O)NCC2CCN(c3ccccc3)C2)cc1. The van der Waals surface area contributed by atoms with Gasteiger partial charge in [-0.2, -0.15) is 0 Å². The Morgan fingerprint density at radius 1 is 1.07 bits per heavy atom. The van der Waals surface area contributed by atoms with Crippen LogP contribution in [0.2, 0.25) is 0 Å². The molecule has 1 fully saturated rings. The Morgan fingerprint density at radius 3 is 2.54 bits per heavy atom. The third kappa shape index (κ3) is 5.91. The number of aryl methyl sites for hydroxylation is 1. The fraction of sp³-hybridized carbons (Fsp3) is 0.435. The molecule has 0 bridgehead atoms. The highest BCUT2D eigenvalue weighted by molar-refractivity contribution is 5.73. The molecule has 2 aromatic rings. The number of anilines is 2. The van der Waals surface area contributed by atoms with Crippen molar-refractivity contribution >= 4 is 17.4 Å². The zero-order chi connectivity index (χ0) is 19.8. The molecule has 0 saturated carbocycles. The van der Waals surface area contributed by atoms with Gasteiger partial charge in [0.2, 0.25) is 0 Å². The summed E-state index contributed by atoms with van der Waals surface area (Å²) in [7, 11) is 4.09. The van der Waals surface area contributed by atoms with E-state index >= 15 is 0 Å². The van der Waals surface area contributed by atoms with E-state index in [1.54, 1.807) is 0 Å². The zero-order valence-corrected chi connectivity index (χ0v) is 17.0. The van der Waals surface area contributed by atoms with Crippen LogP contribution in [0.15, 0.2) is 54.6 Å². The van der Waals surface area contributed by atoms with Crippen molar-refractivity contribution in [2.75, 3.05) is 50.1 Å². The minimum absolute atomic E-state index is 0.0545. The van der Waals surface area contributed by atoms with Gasteiger partial charge in [-0.05, 0) is 55.0 Å². The molecule has 150 valence electrons. The molecule has 0 aromatic heterocycles. The van der Waals surface area contributed by atoms with Gasteiger partial charge in [-0.15, -0.1) is 0 Å². The molecule has 1 aliphatic heterocycles. The average molecular weight is 381 g/mol. The second-order valence-corrected chi connectivity index (χ2v) is 7.74. The molecule has 1 aliphatic rings. The first-order chi connectivity index (χ1) is 13.6. The molecule has 5 heteroatoms. The van der Waals surface area contributed by atoms with Crippen molar-refractivity contribution in [3.8, 4) is 0 Å². The van der Waals surface area contributed by atoms with E-state index in [9.17, 15) is 4.79 Å². The molecular formula is C23H32N4O. The Morgan fingerprint density at radius 2 is 1.82 bits per heavy atom. The van der Waals surface area contributed by atoms with Crippen molar-refractivity contribution < 1.29 is 4.79 Å². The monoisotopic (exact) mass is 380 g/mol. The number of carbonyl (C=O) groups excluding carboxylic acids is 1. The van der Waals surface area contributed by atoms with Gasteiger partial charge in [-0.3, -0.25) is 0 Å². The standard InChI is InChI=1S/C23H32N4O/c1-26(2)21-12-10-19(11-13-21)7-6-15-24-23(28)25-17-20-14-16-27(18-20)22-8-4-3-5-9-22/h3-5,8-13,20H,6-7,14-18H2,1-2H3,(H2,24,25,28). The van der Waals surface area contributed by atoms with Crippen molar-refractivity contribution in [2.24, 2.45) is 5.92 Å². The van der Waals surface area contributed by atoms with Crippen LogP contribution in [0.4, 0.5) is 16.2 Å². The van der Waals surface area contributed by atoms with Crippen LogP contribution in [0, 0.1) is 5.92 Å². The zero-order valence-electron chi connectivity index (χ0n) is 17.0. The minimum Gasteiger partial charge on any atom is -0.378 e. The third-order valence-electron chi connectivity index (χ3n) is 5.34. The molecule has 3 rings (SSSR count). The Kier molecular flexibility index (Phi) is 7.18. The summed E-state index contributed by atoms with van der Waals surface area (Å²) >= 11 is 0. The number of nitrogens with zero attached hydrogens (tertiary/aromatic N) is 2. The molecule has 0 radical (unpaired) electrons. The van der Waals surface area contributed by atoms with Gasteiger partial charge in [0.05, 0.1) is 0 Å². The predicted molar refractivity (Wildman–Crippen MR) is 117 cm³/mol. The van der Waals surface area contributed by atoms with Crippen molar-refractivity contribution in [1.29, 1.82) is 0 Å². The number of hydrogen-bond acceptors (Lipinski definition) is 3. The first kappa shape index (κ1) is 20.1. The summed E-state index contributed by atoms with van der Waals surface area (Å²) in [5, 5.41) is 6.01. The van der Waals surface area contributed by atoms with Crippen LogP contribution in [0.5, 0.6) is 0 Å². The summed E-state index contributed by atoms with van der Waals surface area (Å²) in [6, 6.07) is 19.0. The second-order valence-electron chi connectivity index (χ2n) is 7.74. The molecule has 2 N–H and O–H groups in total. The molecule has 1 unspecified atom stereocenters. The van der Waals surface area contributed by atoms with Gasteiger partial charge in [0, 0.05) is 51.6 Å². The van der Waals surface area contributed by atoms with Gasteiger partial charge in [-0.1, -0.05) is 30.3 Å². The number of carbonyl (C=O) groups is 1. The normalized spacial score (nSPS) is 16.1. The Labute approximate surface area is 168 Å². The summed E-state index contributed by atoms with van der Waals surface area (Å²) in [6.07, 6.45) is 3.04. The van der Waals surface area contributed by atoms with Crippen molar-refractivity contribution in [2.45, 2.75) is 19.3 Å². The number of urea groups is 1. The predicted octanol–water partition coefficient (Wildman–Crippen LogP) is 3.51. The number of amides is 2. The largest absolute Gasteiger partial charge is 0.378 e. The van der Waals surface area contributed by atoms with Gasteiger partial charge < -0.3 is 20.4 Å². The van der Waals surface area contributed by atoms with Crippen LogP contribution in [-0.4, -0.2) is 46.3 Å². The first-order valence-corrected chi connectivity index (χ1v) is 10.2. The summed E-state index contributed by atoms with van der Waals surface area (Å²) in [6.45, 7) is 3.50. The summed E-state index contributed by atoms with van der Waals surface area (Å²) in [4.78, 5) is 16.5. The van der Waals surface area contributed by atoms with E-state index in [1.165, 1.54) is 16.9 Å². The number of para-hydroxylation sites is 1. The van der Waals surface area contributed by atoms with E-state index in [0.717, 1.165) is 38.9 Å². The van der Waals surface area contributed by atoms with Gasteiger partial charge in [0.25, 0.3) is 0 Å². The number of hydrogen-bond donors (Lipinski definition) is 2. The fourth-order valence-corrected chi connectivity index (χ4v) is 3.63. The van der Waals surface area contributed by atoms with E-state index in [4.69, 9.17) is 0 Å². The molecule has 2 amide bonds. The Hall–Kier alpha value is -2.69. The summed E-state index contributed by atoms with van der Waals surface area (Å²) < 4.78 is 0. The highest BCUT2D eigenvalue weighted by atomic mass is 16.2. The lowest BCUT2D eigenvalue weighted by molar-refractivity contribution is 0.239. The topological polar surface area (TPSA) is 47.6 Å². The van der Waals surface area contributed by atoms with Crippen LogP contribution in [-0.2, 0) is 6.42 Å². The molecule has 1 saturated heterocycles. The lowest BCUT2D eigenvalue weighted by Crippen LogP contribution is -2.39. The number of benzene rings is 2. The molecule has 2 aromatic carbocycles. The van der Waals surface area contributed by atoms with Crippen molar-refractivity contribution in [1.82, 2.24) is 10.6 Å². The maximum Gasteiger partial charge on any atom is 0.314 e. The van der Waals surface area contributed by atoms with Crippen LogP contribution in [0.1, 0.15) is 18.4 Å². The molecule has 5 nitrogen and oxygen atoms in total. The minimum atomic E-state index is -0.0545. The van der Waals surface area contributed by atoms with Crippen molar-refractivity contribution in [3.63, 3.8) is 0 Å². The Balaban J connectivity index is 1.29. The van der Waals surface area contributed by atoms with E-state index in [-0.39, 0.29) is 6.03 Å². The van der Waals surface area contributed by atoms with E-state index < -0.39 is 0 Å². The smallest absolute Gasteiger partial charge is 0.314 e. The number of rotatable bonds is 8. The van der Waals surface area contributed by atoms with Gasteiger partial charge in [-0.25, -0.2) is 4.79 Å². The van der Waals surface area contributed by atoms with Crippen molar-refractivity contribution in [3.05, 3.63) is 60.2 Å². The second kappa shape index (κ2) is 10.0. The lowest BCUT2D eigenvalue weighted by atomic mass is 10.1. The van der Waals surface area contributed by atoms with E-state index in [2.05, 4.69) is 69.0 Å². The lowest BCUT2D eigenvalue weighted by Gasteiger charge is -2.18.